The number of pyridine rings is 2. The Hall–Kier alpha value is -3.65. The summed E-state index contributed by atoms with van der Waals surface area (Å²) in [6, 6.07) is 23.8. The molecule has 6 N–H and O–H groups in total. The van der Waals surface area contributed by atoms with E-state index in [4.69, 9.17) is 27.2 Å². The molecule has 1 aliphatic rings. The molecule has 9 heteroatoms. The Kier molecular flexibility index (Phi) is 6.91. The largest absolute Gasteiger partial charge is 0.399 e. The van der Waals surface area contributed by atoms with Crippen LogP contribution in [0, 0.1) is 0 Å². The van der Waals surface area contributed by atoms with E-state index in [-0.39, 0.29) is 30.4 Å². The van der Waals surface area contributed by atoms with E-state index < -0.39 is 0 Å². The average Bonchev–Trinajstić information content (AvgIpc) is 3.21. The number of rotatable bonds is 4. The predicted octanol–water partition coefficient (Wildman–Crippen LogP) is 5.50. The van der Waals surface area contributed by atoms with Gasteiger partial charge in [0.1, 0.15) is 11.3 Å². The minimum absolute atomic E-state index is 0. The van der Waals surface area contributed by atoms with Gasteiger partial charge in [-0.1, -0.05) is 24.3 Å². The Balaban J connectivity index is 0.00000152. The first-order valence-electron chi connectivity index (χ1n) is 11.4. The minimum Gasteiger partial charge on any atom is -0.399 e. The van der Waals surface area contributed by atoms with Crippen LogP contribution in [0.4, 0.5) is 11.5 Å². The van der Waals surface area contributed by atoms with Crippen LogP contribution >= 0.6 is 24.8 Å². The van der Waals surface area contributed by atoms with E-state index >= 15 is 0 Å². The molecular weight excluding hydrogens is 493 g/mol. The Bertz CT molecular complexity index is 1530. The van der Waals surface area contributed by atoms with Gasteiger partial charge < -0.3 is 17.2 Å². The van der Waals surface area contributed by atoms with E-state index in [1.807, 2.05) is 53.1 Å². The third-order valence-corrected chi connectivity index (χ3v) is 6.71. The van der Waals surface area contributed by atoms with Crippen molar-refractivity contribution in [1.29, 1.82) is 0 Å². The summed E-state index contributed by atoms with van der Waals surface area (Å²) in [5.41, 5.74) is 25.4. The van der Waals surface area contributed by atoms with E-state index in [1.165, 1.54) is 6.42 Å². The van der Waals surface area contributed by atoms with Crippen LogP contribution in [0.1, 0.15) is 24.8 Å². The van der Waals surface area contributed by atoms with Gasteiger partial charge in [-0.2, -0.15) is 0 Å². The number of nitrogens with two attached hydrogens (primary N) is 3. The monoisotopic (exact) mass is 519 g/mol. The molecule has 0 spiro atoms. The Morgan fingerprint density at radius 1 is 0.833 bits per heavy atom. The highest BCUT2D eigenvalue weighted by Gasteiger charge is 2.34. The van der Waals surface area contributed by atoms with Crippen molar-refractivity contribution in [1.82, 2.24) is 19.5 Å². The summed E-state index contributed by atoms with van der Waals surface area (Å²) in [6.45, 7) is 0. The lowest BCUT2D eigenvalue weighted by Gasteiger charge is -2.38. The van der Waals surface area contributed by atoms with Crippen LogP contribution in [-0.2, 0) is 5.54 Å². The van der Waals surface area contributed by atoms with Gasteiger partial charge in [0.2, 0.25) is 0 Å². The number of imidazole rings is 1. The highest BCUT2D eigenvalue weighted by molar-refractivity contribution is 5.86. The van der Waals surface area contributed by atoms with Crippen molar-refractivity contribution < 1.29 is 0 Å². The molecule has 2 aromatic carbocycles. The molecule has 3 aromatic heterocycles. The highest BCUT2D eigenvalue weighted by atomic mass is 35.5. The van der Waals surface area contributed by atoms with Gasteiger partial charge in [-0.3, -0.25) is 4.57 Å². The maximum absolute atomic E-state index is 6.55. The summed E-state index contributed by atoms with van der Waals surface area (Å²) in [7, 11) is 0. The van der Waals surface area contributed by atoms with Crippen LogP contribution in [0.25, 0.3) is 39.5 Å². The quantitative estimate of drug-likeness (QED) is 0.269. The third-order valence-electron chi connectivity index (χ3n) is 6.71. The fraction of sp³-hybridized carbons (Fsp3) is 0.148. The number of anilines is 2. The number of nitrogens with zero attached hydrogens (tertiary/aromatic N) is 4. The third kappa shape index (κ3) is 4.26. The summed E-state index contributed by atoms with van der Waals surface area (Å²) in [4.78, 5) is 14.2. The lowest BCUT2D eigenvalue weighted by atomic mass is 9.73. The van der Waals surface area contributed by atoms with Crippen LogP contribution in [-0.4, -0.2) is 19.5 Å². The zero-order valence-electron chi connectivity index (χ0n) is 19.5. The van der Waals surface area contributed by atoms with Gasteiger partial charge in [0.25, 0.3) is 0 Å². The minimum atomic E-state index is -0.217. The molecular formula is C27H27Cl2N7. The first-order chi connectivity index (χ1) is 16.5. The van der Waals surface area contributed by atoms with Gasteiger partial charge >= 0.3 is 0 Å². The molecule has 0 bridgehead atoms. The zero-order valence-corrected chi connectivity index (χ0v) is 21.1. The van der Waals surface area contributed by atoms with Gasteiger partial charge in [-0.25, -0.2) is 15.0 Å². The molecule has 1 saturated carbocycles. The van der Waals surface area contributed by atoms with Crippen molar-refractivity contribution in [2.45, 2.75) is 24.8 Å². The van der Waals surface area contributed by atoms with Crippen molar-refractivity contribution >= 4 is 47.5 Å². The van der Waals surface area contributed by atoms with E-state index in [2.05, 4.69) is 29.2 Å². The summed E-state index contributed by atoms with van der Waals surface area (Å²) in [6.07, 6.45) is 4.88. The second kappa shape index (κ2) is 9.78. The lowest BCUT2D eigenvalue weighted by molar-refractivity contribution is 0.253. The second-order valence-electron chi connectivity index (χ2n) is 8.93. The Labute approximate surface area is 221 Å². The van der Waals surface area contributed by atoms with Gasteiger partial charge in [-0.15, -0.1) is 24.8 Å². The lowest BCUT2D eigenvalue weighted by Crippen LogP contribution is -2.43. The summed E-state index contributed by atoms with van der Waals surface area (Å²) in [5, 5.41) is 0. The van der Waals surface area contributed by atoms with E-state index in [9.17, 15) is 0 Å². The SMILES string of the molecule is Cl.Cl.Nc1cccc(-c2ccc3nc(-c4cccnc4N)n(-c4ccc(C5(N)CCC5)cc4)c3n2)c1. The molecule has 36 heavy (non-hydrogen) atoms. The van der Waals surface area contributed by atoms with Crippen molar-refractivity contribution in [3.8, 4) is 28.3 Å². The molecule has 6 rings (SSSR count). The van der Waals surface area contributed by atoms with Crippen LogP contribution < -0.4 is 17.2 Å². The number of fused-ring (bicyclic) bond motifs is 1. The van der Waals surface area contributed by atoms with Crippen LogP contribution in [0.3, 0.4) is 0 Å². The number of halogens is 2. The number of benzene rings is 2. The number of hydrogen-bond acceptors (Lipinski definition) is 6. The number of nitrogen functional groups attached to an aromatic ring is 2. The normalized spacial score (nSPS) is 13.9. The Morgan fingerprint density at radius 2 is 1.61 bits per heavy atom. The van der Waals surface area contributed by atoms with Gasteiger partial charge in [0, 0.05) is 28.7 Å². The number of aromatic nitrogens is 4. The smallest absolute Gasteiger partial charge is 0.165 e. The van der Waals surface area contributed by atoms with Crippen molar-refractivity contribution in [2.24, 2.45) is 5.73 Å². The molecule has 184 valence electrons. The molecule has 0 aliphatic heterocycles. The molecule has 0 saturated heterocycles. The maximum atomic E-state index is 6.55. The Morgan fingerprint density at radius 3 is 2.28 bits per heavy atom. The first kappa shape index (κ1) is 25.4. The van der Waals surface area contributed by atoms with E-state index in [1.54, 1.807) is 6.20 Å². The maximum Gasteiger partial charge on any atom is 0.165 e. The summed E-state index contributed by atoms with van der Waals surface area (Å²) >= 11 is 0. The van der Waals surface area contributed by atoms with Crippen LogP contribution in [0.15, 0.2) is 79.0 Å². The highest BCUT2D eigenvalue weighted by Crippen LogP contribution is 2.39. The van der Waals surface area contributed by atoms with E-state index in [0.717, 1.165) is 52.1 Å². The standard InChI is InChI=1S/C27H25N7.2ClH/c28-19-5-1-4-17(16-19)22-11-12-23-26(32-22)34(25(33-23)21-6-2-15-31-24(21)29)20-9-7-18(8-10-20)27(30)13-3-14-27;;/h1-2,4-12,15-16H,3,13-14,28,30H2,(H2,29,31);2*1H. The summed E-state index contributed by atoms with van der Waals surface area (Å²) in [5.74, 6) is 1.11. The fourth-order valence-electron chi connectivity index (χ4n) is 4.64. The molecule has 1 fully saturated rings. The summed E-state index contributed by atoms with van der Waals surface area (Å²) < 4.78 is 2.03. The van der Waals surface area contributed by atoms with Gasteiger partial charge in [-0.05, 0) is 73.4 Å². The molecule has 1 aliphatic carbocycles. The van der Waals surface area contributed by atoms with Crippen molar-refractivity contribution in [2.75, 3.05) is 11.5 Å². The molecule has 0 atom stereocenters. The second-order valence-corrected chi connectivity index (χ2v) is 8.93. The molecule has 3 heterocycles. The van der Waals surface area contributed by atoms with Crippen molar-refractivity contribution in [3.05, 3.63) is 84.6 Å². The topological polar surface area (TPSA) is 122 Å². The number of hydrogen-bond donors (Lipinski definition) is 3. The average molecular weight is 520 g/mol. The van der Waals surface area contributed by atoms with Crippen molar-refractivity contribution in [3.63, 3.8) is 0 Å². The van der Waals surface area contributed by atoms with Crippen LogP contribution in [0.5, 0.6) is 0 Å². The first-order valence-corrected chi connectivity index (χ1v) is 11.4. The zero-order chi connectivity index (χ0) is 23.3. The molecule has 0 unspecified atom stereocenters. The van der Waals surface area contributed by atoms with E-state index in [0.29, 0.717) is 17.3 Å². The van der Waals surface area contributed by atoms with Gasteiger partial charge in [0.05, 0.1) is 11.3 Å². The van der Waals surface area contributed by atoms with Crippen LogP contribution in [0.2, 0.25) is 0 Å². The molecule has 7 nitrogen and oxygen atoms in total. The predicted molar refractivity (Wildman–Crippen MR) is 151 cm³/mol. The fourth-order valence-corrected chi connectivity index (χ4v) is 4.64. The molecule has 0 amide bonds. The molecule has 5 aromatic rings. The molecule has 0 radical (unpaired) electrons. The van der Waals surface area contributed by atoms with Gasteiger partial charge in [0.15, 0.2) is 11.5 Å².